The van der Waals surface area contributed by atoms with Gasteiger partial charge in [-0.05, 0) is 30.3 Å². The number of anilines is 2. The number of nitrogens with one attached hydrogen (secondary N) is 2. The van der Waals surface area contributed by atoms with Crippen molar-refractivity contribution in [3.63, 3.8) is 0 Å². The second kappa shape index (κ2) is 11.0. The Morgan fingerprint density at radius 3 is 1.78 bits per heavy atom. The van der Waals surface area contributed by atoms with Gasteiger partial charge in [-0.25, -0.2) is 9.97 Å². The third-order valence-corrected chi connectivity index (χ3v) is 6.17. The van der Waals surface area contributed by atoms with Crippen LogP contribution in [0, 0.1) is 0 Å². The Morgan fingerprint density at radius 1 is 0.781 bits per heavy atom. The van der Waals surface area contributed by atoms with Crippen LogP contribution in [0.3, 0.4) is 0 Å². The van der Waals surface area contributed by atoms with Crippen LogP contribution >= 0.6 is 56.6 Å². The van der Waals surface area contributed by atoms with E-state index in [-0.39, 0.29) is 34.0 Å². The molecule has 0 aromatic carbocycles. The van der Waals surface area contributed by atoms with Crippen molar-refractivity contribution in [2.24, 2.45) is 0 Å². The van der Waals surface area contributed by atoms with Gasteiger partial charge in [-0.15, -0.1) is 56.6 Å². The van der Waals surface area contributed by atoms with E-state index in [0.717, 1.165) is 39.2 Å². The molecule has 0 radical (unpaired) electrons. The maximum atomic E-state index is 4.76. The van der Waals surface area contributed by atoms with E-state index in [1.54, 1.807) is 35.1 Å². The van der Waals surface area contributed by atoms with E-state index < -0.39 is 5.66 Å². The first-order valence-corrected chi connectivity index (χ1v) is 11.2. The topological polar surface area (TPSA) is 75.6 Å². The monoisotopic (exact) mass is 590 g/mol. The number of hydrogen-bond donors (Lipinski definition) is 2. The van der Waals surface area contributed by atoms with Gasteiger partial charge in [0.25, 0.3) is 0 Å². The number of nitrogens with zero attached hydrogens (tertiary/aromatic N) is 4. The lowest BCUT2D eigenvalue weighted by Gasteiger charge is -2.33. The van der Waals surface area contributed by atoms with Crippen LogP contribution in [-0.2, 0) is 0 Å². The highest BCUT2D eigenvalue weighted by molar-refractivity contribution is 8.93. The summed E-state index contributed by atoms with van der Waals surface area (Å²) in [4.78, 5) is 17.9. The van der Waals surface area contributed by atoms with E-state index in [1.807, 2.05) is 59.6 Å². The summed E-state index contributed by atoms with van der Waals surface area (Å²) in [5.41, 5.74) is 3.33. The van der Waals surface area contributed by atoms with Crippen LogP contribution in [0.2, 0.25) is 0 Å². The molecule has 164 valence electrons. The summed E-state index contributed by atoms with van der Waals surface area (Å²) in [7, 11) is 0. The molecule has 0 bridgehead atoms. The minimum atomic E-state index is -0.497. The summed E-state index contributed by atoms with van der Waals surface area (Å²) >= 11 is 3.15. The number of aromatic nitrogens is 4. The van der Waals surface area contributed by atoms with Crippen molar-refractivity contribution in [2.45, 2.75) is 12.1 Å². The minimum Gasteiger partial charge on any atom is -0.335 e. The Morgan fingerprint density at radius 2 is 1.34 bits per heavy atom. The van der Waals surface area contributed by atoms with Crippen LogP contribution in [0.5, 0.6) is 0 Å². The predicted octanol–water partition coefficient (Wildman–Crippen LogP) is 6.62. The molecule has 0 saturated carbocycles. The maximum Gasteiger partial charge on any atom is 0.185 e. The highest BCUT2D eigenvalue weighted by Crippen LogP contribution is 2.32. The van der Waals surface area contributed by atoms with E-state index in [0.29, 0.717) is 0 Å². The highest BCUT2D eigenvalue weighted by Gasteiger charge is 2.29. The van der Waals surface area contributed by atoms with Gasteiger partial charge in [0.05, 0.1) is 11.4 Å². The standard InChI is InChI=1S/C22H18N6S2.2BrH/c1-2-8-22(9-3-1,27-20-25-18(14-29-20)16-6-4-10-23-12-16)28-21-26-19(15-30-21)17-7-5-11-24-13-17;;/h1-8,10-15H,9H2,(H,25,27)(H,26,28);2*1H. The Bertz CT molecular complexity index is 1110. The van der Waals surface area contributed by atoms with Crippen LogP contribution in [0.1, 0.15) is 6.42 Å². The summed E-state index contributed by atoms with van der Waals surface area (Å²) in [6, 6.07) is 7.86. The Labute approximate surface area is 215 Å². The van der Waals surface area contributed by atoms with E-state index in [9.17, 15) is 0 Å². The molecule has 32 heavy (non-hydrogen) atoms. The fourth-order valence-electron chi connectivity index (χ4n) is 3.17. The molecule has 1 aliphatic rings. The summed E-state index contributed by atoms with van der Waals surface area (Å²) in [6.07, 6.45) is 16.3. The SMILES string of the molecule is Br.Br.C1=CCC(Nc2nc(-c3cccnc3)cs2)(Nc2nc(-c3cccnc3)cs2)C=C1. The zero-order valence-corrected chi connectivity index (χ0v) is 21.8. The van der Waals surface area contributed by atoms with Crippen molar-refractivity contribution >= 4 is 66.9 Å². The van der Waals surface area contributed by atoms with Crippen molar-refractivity contribution in [2.75, 3.05) is 10.6 Å². The number of pyridine rings is 2. The molecule has 4 aromatic heterocycles. The number of thiazole rings is 2. The van der Waals surface area contributed by atoms with Gasteiger partial charge in [0.15, 0.2) is 10.3 Å². The minimum absolute atomic E-state index is 0. The molecule has 1 aliphatic carbocycles. The molecule has 0 aliphatic heterocycles. The zero-order valence-electron chi connectivity index (χ0n) is 16.7. The molecule has 0 unspecified atom stereocenters. The molecule has 2 N–H and O–H groups in total. The van der Waals surface area contributed by atoms with Gasteiger partial charge in [0, 0.05) is 53.1 Å². The molecule has 0 fully saturated rings. The summed E-state index contributed by atoms with van der Waals surface area (Å²) in [6.45, 7) is 0. The Hall–Kier alpha value is -2.40. The molecule has 6 nitrogen and oxygen atoms in total. The number of halogens is 2. The second-order valence-corrected chi connectivity index (χ2v) is 8.49. The lowest BCUT2D eigenvalue weighted by Crippen LogP contribution is -2.44. The van der Waals surface area contributed by atoms with Gasteiger partial charge in [0.1, 0.15) is 5.66 Å². The van der Waals surface area contributed by atoms with Crippen molar-refractivity contribution in [3.05, 3.63) is 84.1 Å². The number of hydrogen-bond acceptors (Lipinski definition) is 8. The average molecular weight is 592 g/mol. The number of rotatable bonds is 6. The van der Waals surface area contributed by atoms with Crippen molar-refractivity contribution in [1.29, 1.82) is 0 Å². The third-order valence-electron chi connectivity index (χ3n) is 4.65. The maximum absolute atomic E-state index is 4.76. The quantitative estimate of drug-likeness (QED) is 0.246. The van der Waals surface area contributed by atoms with E-state index >= 15 is 0 Å². The van der Waals surface area contributed by atoms with Crippen LogP contribution < -0.4 is 10.6 Å². The predicted molar refractivity (Wildman–Crippen MR) is 144 cm³/mol. The Balaban J connectivity index is 0.00000144. The van der Waals surface area contributed by atoms with Gasteiger partial charge < -0.3 is 10.6 Å². The van der Waals surface area contributed by atoms with Gasteiger partial charge in [-0.3, -0.25) is 9.97 Å². The van der Waals surface area contributed by atoms with Gasteiger partial charge in [0.2, 0.25) is 0 Å². The summed E-state index contributed by atoms with van der Waals surface area (Å²) in [5, 5.41) is 12.9. The van der Waals surface area contributed by atoms with Crippen LogP contribution in [-0.4, -0.2) is 25.6 Å². The van der Waals surface area contributed by atoms with Gasteiger partial charge in [-0.2, -0.15) is 0 Å². The molecular weight excluding hydrogens is 572 g/mol. The van der Waals surface area contributed by atoms with Crippen molar-refractivity contribution in [1.82, 2.24) is 19.9 Å². The van der Waals surface area contributed by atoms with Gasteiger partial charge in [-0.1, -0.05) is 18.2 Å². The lowest BCUT2D eigenvalue weighted by molar-refractivity contribution is 0.656. The zero-order chi connectivity index (χ0) is 20.2. The average Bonchev–Trinajstić information content (AvgIpc) is 3.45. The fraction of sp³-hybridized carbons (Fsp3) is 0.0909. The highest BCUT2D eigenvalue weighted by atomic mass is 79.9. The molecule has 10 heteroatoms. The lowest BCUT2D eigenvalue weighted by atomic mass is 10.0. The first-order valence-electron chi connectivity index (χ1n) is 9.42. The molecular formula is C22H20Br2N6S2. The molecule has 4 aromatic rings. The van der Waals surface area contributed by atoms with Crippen LogP contribution in [0.25, 0.3) is 22.5 Å². The van der Waals surface area contributed by atoms with E-state index in [2.05, 4.69) is 32.8 Å². The number of allylic oxidation sites excluding steroid dienone is 2. The smallest absolute Gasteiger partial charge is 0.185 e. The fourth-order valence-corrected chi connectivity index (χ4v) is 4.78. The second-order valence-electron chi connectivity index (χ2n) is 6.77. The molecule has 0 saturated heterocycles. The van der Waals surface area contributed by atoms with Crippen molar-refractivity contribution in [3.8, 4) is 22.5 Å². The summed E-state index contributed by atoms with van der Waals surface area (Å²) in [5.74, 6) is 0. The molecule has 0 amide bonds. The molecule has 0 atom stereocenters. The van der Waals surface area contributed by atoms with E-state index in [1.165, 1.54) is 0 Å². The summed E-state index contributed by atoms with van der Waals surface area (Å²) < 4.78 is 0. The van der Waals surface area contributed by atoms with Crippen LogP contribution in [0.4, 0.5) is 10.3 Å². The molecule has 5 rings (SSSR count). The molecule has 4 heterocycles. The first-order chi connectivity index (χ1) is 14.8. The van der Waals surface area contributed by atoms with Gasteiger partial charge >= 0.3 is 0 Å². The first kappa shape index (κ1) is 24.2. The largest absolute Gasteiger partial charge is 0.335 e. The van der Waals surface area contributed by atoms with Crippen molar-refractivity contribution < 1.29 is 0 Å². The normalized spacial score (nSPS) is 13.6. The third kappa shape index (κ3) is 5.50. The Kier molecular flexibility index (Phi) is 8.30. The van der Waals surface area contributed by atoms with E-state index in [4.69, 9.17) is 9.97 Å². The van der Waals surface area contributed by atoms with Crippen LogP contribution in [0.15, 0.2) is 84.1 Å². The molecule has 0 spiro atoms.